The standard InChI is InChI=1S/C15H22N2O5/c1-9(2)14(15(19)20)17-7-10-4-5-11(12(6-10)21-3)22-8-13(16)18/h4-6,9,14,17H,7-8H2,1-3H3,(H2,16,18)(H,19,20). The van der Waals surface area contributed by atoms with E-state index >= 15 is 0 Å². The van der Waals surface area contributed by atoms with Crippen LogP contribution in [0.25, 0.3) is 0 Å². The van der Waals surface area contributed by atoms with Crippen LogP contribution in [0.5, 0.6) is 11.5 Å². The molecule has 1 atom stereocenters. The Morgan fingerprint density at radius 2 is 2.00 bits per heavy atom. The van der Waals surface area contributed by atoms with Crippen LogP contribution in [0.3, 0.4) is 0 Å². The fraction of sp³-hybridized carbons (Fsp3) is 0.467. The Labute approximate surface area is 129 Å². The minimum absolute atomic E-state index is 0.0300. The molecule has 1 amide bonds. The van der Waals surface area contributed by atoms with Crippen LogP contribution in [-0.4, -0.2) is 36.7 Å². The van der Waals surface area contributed by atoms with E-state index in [0.29, 0.717) is 18.0 Å². The summed E-state index contributed by atoms with van der Waals surface area (Å²) in [6, 6.07) is 4.52. The summed E-state index contributed by atoms with van der Waals surface area (Å²) >= 11 is 0. The maximum absolute atomic E-state index is 11.1. The molecule has 0 aliphatic heterocycles. The van der Waals surface area contributed by atoms with Gasteiger partial charge in [0.25, 0.3) is 5.91 Å². The van der Waals surface area contributed by atoms with E-state index in [9.17, 15) is 9.59 Å². The van der Waals surface area contributed by atoms with Crippen molar-refractivity contribution in [2.24, 2.45) is 11.7 Å². The van der Waals surface area contributed by atoms with E-state index in [4.69, 9.17) is 20.3 Å². The molecule has 7 nitrogen and oxygen atoms in total. The van der Waals surface area contributed by atoms with Gasteiger partial charge in [0.2, 0.25) is 0 Å². The minimum atomic E-state index is -0.886. The third-order valence-electron chi connectivity index (χ3n) is 3.06. The molecular weight excluding hydrogens is 288 g/mol. The number of carboxylic acid groups (broad SMARTS) is 1. The van der Waals surface area contributed by atoms with Crippen molar-refractivity contribution in [2.45, 2.75) is 26.4 Å². The normalized spacial score (nSPS) is 12.0. The van der Waals surface area contributed by atoms with Gasteiger partial charge in [0.05, 0.1) is 7.11 Å². The number of benzene rings is 1. The number of primary amides is 1. The molecule has 1 aromatic rings. The van der Waals surface area contributed by atoms with Gasteiger partial charge in [0.15, 0.2) is 18.1 Å². The van der Waals surface area contributed by atoms with Gasteiger partial charge in [-0.05, 0) is 23.6 Å². The van der Waals surface area contributed by atoms with Crippen molar-refractivity contribution in [1.29, 1.82) is 0 Å². The smallest absolute Gasteiger partial charge is 0.320 e. The van der Waals surface area contributed by atoms with Gasteiger partial charge < -0.3 is 25.6 Å². The predicted octanol–water partition coefficient (Wildman–Crippen LogP) is 0.758. The molecule has 0 fully saturated rings. The molecule has 1 aromatic carbocycles. The van der Waals surface area contributed by atoms with Crippen LogP contribution < -0.4 is 20.5 Å². The first kappa shape index (κ1) is 17.8. The summed E-state index contributed by atoms with van der Waals surface area (Å²) in [6.45, 7) is 3.82. The summed E-state index contributed by atoms with van der Waals surface area (Å²) in [4.78, 5) is 21.9. The van der Waals surface area contributed by atoms with Gasteiger partial charge in [-0.2, -0.15) is 0 Å². The summed E-state index contributed by atoms with van der Waals surface area (Å²) < 4.78 is 10.4. The van der Waals surface area contributed by atoms with Gasteiger partial charge in [-0.15, -0.1) is 0 Å². The van der Waals surface area contributed by atoms with Gasteiger partial charge in [-0.3, -0.25) is 9.59 Å². The topological polar surface area (TPSA) is 111 Å². The molecule has 1 rings (SSSR count). The van der Waals surface area contributed by atoms with Crippen molar-refractivity contribution in [3.8, 4) is 11.5 Å². The number of aliphatic carboxylic acids is 1. The lowest BCUT2D eigenvalue weighted by molar-refractivity contribution is -0.140. The van der Waals surface area contributed by atoms with E-state index in [0.717, 1.165) is 5.56 Å². The molecule has 4 N–H and O–H groups in total. The number of nitrogens with two attached hydrogens (primary N) is 1. The largest absolute Gasteiger partial charge is 0.493 e. The van der Waals surface area contributed by atoms with Crippen molar-refractivity contribution in [1.82, 2.24) is 5.32 Å². The lowest BCUT2D eigenvalue weighted by Gasteiger charge is -2.18. The van der Waals surface area contributed by atoms with Crippen LogP contribution >= 0.6 is 0 Å². The molecule has 0 bridgehead atoms. The Morgan fingerprint density at radius 3 is 2.50 bits per heavy atom. The van der Waals surface area contributed by atoms with Crippen molar-refractivity contribution in [3.05, 3.63) is 23.8 Å². The predicted molar refractivity (Wildman–Crippen MR) is 80.8 cm³/mol. The van der Waals surface area contributed by atoms with E-state index in [1.54, 1.807) is 18.2 Å². The molecular formula is C15H22N2O5. The molecule has 0 aliphatic carbocycles. The highest BCUT2D eigenvalue weighted by Crippen LogP contribution is 2.28. The van der Waals surface area contributed by atoms with Gasteiger partial charge in [0, 0.05) is 6.54 Å². The van der Waals surface area contributed by atoms with Gasteiger partial charge in [-0.1, -0.05) is 19.9 Å². The molecule has 1 unspecified atom stereocenters. The summed E-state index contributed by atoms with van der Waals surface area (Å²) in [5.41, 5.74) is 5.87. The number of amides is 1. The SMILES string of the molecule is COc1cc(CNC(C(=O)O)C(C)C)ccc1OCC(N)=O. The maximum Gasteiger partial charge on any atom is 0.320 e. The van der Waals surface area contributed by atoms with Crippen LogP contribution in [0.1, 0.15) is 19.4 Å². The Kier molecular flexibility index (Phi) is 6.65. The number of hydrogen-bond donors (Lipinski definition) is 3. The summed E-state index contributed by atoms with van der Waals surface area (Å²) in [6.07, 6.45) is 0. The second-order valence-corrected chi connectivity index (χ2v) is 5.18. The first-order valence-corrected chi connectivity index (χ1v) is 6.89. The van der Waals surface area contributed by atoms with E-state index in [1.807, 2.05) is 13.8 Å². The number of hydrogen-bond acceptors (Lipinski definition) is 5. The quantitative estimate of drug-likeness (QED) is 0.621. The number of carboxylic acids is 1. The number of ether oxygens (including phenoxy) is 2. The molecule has 0 heterocycles. The average molecular weight is 310 g/mol. The Balaban J connectivity index is 2.76. The number of carbonyl (C=O) groups excluding carboxylic acids is 1. The van der Waals surface area contributed by atoms with Crippen LogP contribution in [0, 0.1) is 5.92 Å². The highest BCUT2D eigenvalue weighted by atomic mass is 16.5. The zero-order valence-corrected chi connectivity index (χ0v) is 13.0. The van der Waals surface area contributed by atoms with E-state index in [1.165, 1.54) is 7.11 Å². The third-order valence-corrected chi connectivity index (χ3v) is 3.06. The van der Waals surface area contributed by atoms with E-state index in [2.05, 4.69) is 5.32 Å². The molecule has 22 heavy (non-hydrogen) atoms. The summed E-state index contributed by atoms with van der Waals surface area (Å²) in [5.74, 6) is -0.629. The molecule has 0 saturated carbocycles. The minimum Gasteiger partial charge on any atom is -0.493 e. The monoisotopic (exact) mass is 310 g/mol. The lowest BCUT2D eigenvalue weighted by atomic mass is 10.0. The average Bonchev–Trinajstić information content (AvgIpc) is 2.44. The lowest BCUT2D eigenvalue weighted by Crippen LogP contribution is -2.40. The second kappa shape index (κ2) is 8.23. The van der Waals surface area contributed by atoms with Crippen LogP contribution in [-0.2, 0) is 16.1 Å². The molecule has 7 heteroatoms. The molecule has 0 spiro atoms. The number of nitrogens with one attached hydrogen (secondary N) is 1. The molecule has 0 radical (unpaired) electrons. The van der Waals surface area contributed by atoms with Gasteiger partial charge in [0.1, 0.15) is 6.04 Å². The zero-order valence-electron chi connectivity index (χ0n) is 13.0. The van der Waals surface area contributed by atoms with Gasteiger partial charge in [-0.25, -0.2) is 0 Å². The van der Waals surface area contributed by atoms with Crippen LogP contribution in [0.4, 0.5) is 0 Å². The number of methoxy groups -OCH3 is 1. The third kappa shape index (κ3) is 5.25. The van der Waals surface area contributed by atoms with Crippen molar-refractivity contribution >= 4 is 11.9 Å². The number of rotatable bonds is 9. The van der Waals surface area contributed by atoms with Gasteiger partial charge >= 0.3 is 5.97 Å². The Morgan fingerprint density at radius 1 is 1.32 bits per heavy atom. The maximum atomic E-state index is 11.1. The fourth-order valence-corrected chi connectivity index (χ4v) is 1.93. The Bertz CT molecular complexity index is 531. The van der Waals surface area contributed by atoms with Crippen LogP contribution in [0.2, 0.25) is 0 Å². The summed E-state index contributed by atoms with van der Waals surface area (Å²) in [5, 5.41) is 12.1. The second-order valence-electron chi connectivity index (χ2n) is 5.18. The first-order chi connectivity index (χ1) is 10.3. The van der Waals surface area contributed by atoms with Crippen molar-refractivity contribution in [3.63, 3.8) is 0 Å². The molecule has 0 aromatic heterocycles. The van der Waals surface area contributed by atoms with Crippen molar-refractivity contribution < 1.29 is 24.2 Å². The highest BCUT2D eigenvalue weighted by Gasteiger charge is 2.20. The van der Waals surface area contributed by atoms with Crippen LogP contribution in [0.15, 0.2) is 18.2 Å². The Hall–Kier alpha value is -2.28. The molecule has 0 saturated heterocycles. The highest BCUT2D eigenvalue weighted by molar-refractivity contribution is 5.75. The summed E-state index contributed by atoms with van der Waals surface area (Å²) in [7, 11) is 1.48. The molecule has 122 valence electrons. The van der Waals surface area contributed by atoms with E-state index < -0.39 is 17.9 Å². The van der Waals surface area contributed by atoms with E-state index in [-0.39, 0.29) is 12.5 Å². The number of carbonyl (C=O) groups is 2. The first-order valence-electron chi connectivity index (χ1n) is 6.89. The zero-order chi connectivity index (χ0) is 16.7. The van der Waals surface area contributed by atoms with Crippen molar-refractivity contribution in [2.75, 3.05) is 13.7 Å². The molecule has 0 aliphatic rings. The fourth-order valence-electron chi connectivity index (χ4n) is 1.93.